The molecule has 3 fully saturated rings. The van der Waals surface area contributed by atoms with Crippen LogP contribution >= 0.6 is 0 Å². The first-order valence-electron chi connectivity index (χ1n) is 28.5. The van der Waals surface area contributed by atoms with Gasteiger partial charge in [0.1, 0.15) is 53.5 Å². The molecule has 6 amide bonds. The van der Waals surface area contributed by atoms with Crippen LogP contribution in [0.15, 0.2) is 42.5 Å². The zero-order valence-corrected chi connectivity index (χ0v) is 48.7. The van der Waals surface area contributed by atoms with E-state index < -0.39 is 36.3 Å². The topological polar surface area (TPSA) is 223 Å². The summed E-state index contributed by atoms with van der Waals surface area (Å²) in [4.78, 5) is 93.0. The average Bonchev–Trinajstić information content (AvgIpc) is 4.09. The smallest absolute Gasteiger partial charge is 0.246 e. The summed E-state index contributed by atoms with van der Waals surface area (Å²) in [6.45, 7) is 22.2. The van der Waals surface area contributed by atoms with Crippen molar-refractivity contribution in [1.82, 2.24) is 45.6 Å². The van der Waals surface area contributed by atoms with E-state index in [1.165, 1.54) is 0 Å². The van der Waals surface area contributed by atoms with Gasteiger partial charge in [-0.25, -0.2) is 0 Å². The van der Waals surface area contributed by atoms with Crippen molar-refractivity contribution in [2.24, 2.45) is 17.8 Å². The molecule has 18 heteroatoms. The fourth-order valence-electron chi connectivity index (χ4n) is 13.5. The minimum Gasteiger partial charge on any atom is -0.497 e. The van der Waals surface area contributed by atoms with Crippen molar-refractivity contribution in [2.75, 3.05) is 21.3 Å². The summed E-state index contributed by atoms with van der Waals surface area (Å²) in [5, 5.41) is 11.9. The van der Waals surface area contributed by atoms with Gasteiger partial charge in [0.05, 0.1) is 39.5 Å². The summed E-state index contributed by atoms with van der Waals surface area (Å²) in [5.74, 6) is 3.51. The number of amides is 6. The minimum absolute atomic E-state index is 0.00198. The second-order valence-corrected chi connectivity index (χ2v) is 24.2. The van der Waals surface area contributed by atoms with Gasteiger partial charge in [0.15, 0.2) is 0 Å². The summed E-state index contributed by atoms with van der Waals surface area (Å²) in [5.41, 5.74) is 11.8. The Morgan fingerprint density at radius 3 is 1.10 bits per heavy atom. The van der Waals surface area contributed by atoms with Gasteiger partial charge >= 0.3 is 0 Å². The van der Waals surface area contributed by atoms with Crippen LogP contribution in [-0.2, 0) is 48.0 Å². The number of carbonyl (C=O) groups is 6. The highest BCUT2D eigenvalue weighted by Crippen LogP contribution is 2.46. The Bertz CT molecular complexity index is 3310. The number of nitrogens with zero attached hydrogens (tertiary/aromatic N) is 3. The Hall–Kier alpha value is -7.50. The molecule has 9 atom stereocenters. The molecule has 3 aromatic carbocycles. The number of ether oxygens (including phenoxy) is 3. The Labute approximate surface area is 467 Å². The van der Waals surface area contributed by atoms with Crippen molar-refractivity contribution in [1.29, 1.82) is 0 Å². The van der Waals surface area contributed by atoms with Gasteiger partial charge in [-0.1, -0.05) is 41.5 Å². The van der Waals surface area contributed by atoms with Gasteiger partial charge in [0.2, 0.25) is 35.4 Å². The third-order valence-corrected chi connectivity index (χ3v) is 17.2. The molecule has 6 aliphatic heterocycles. The van der Waals surface area contributed by atoms with Crippen molar-refractivity contribution in [3.8, 4) is 17.2 Å². The molecular weight excluding hydrogens is 1010 g/mol. The van der Waals surface area contributed by atoms with E-state index in [9.17, 15) is 28.8 Å². The zero-order valence-electron chi connectivity index (χ0n) is 48.7. The van der Waals surface area contributed by atoms with E-state index in [-0.39, 0.29) is 53.6 Å². The van der Waals surface area contributed by atoms with Gasteiger partial charge in [-0.2, -0.15) is 0 Å². The first kappa shape index (κ1) is 55.8. The molecule has 0 spiro atoms. The second-order valence-electron chi connectivity index (χ2n) is 24.2. The molecule has 3 aromatic heterocycles. The van der Waals surface area contributed by atoms with Gasteiger partial charge in [0, 0.05) is 87.3 Å². The number of methoxy groups -OCH3 is 3. The largest absolute Gasteiger partial charge is 0.497 e. The number of aryl methyl sites for hydroxylation is 2. The predicted molar refractivity (Wildman–Crippen MR) is 306 cm³/mol. The Balaban J connectivity index is 0.000000135. The number of rotatable bonds is 9. The molecule has 426 valence electrons. The molecule has 6 N–H and O–H groups in total. The van der Waals surface area contributed by atoms with Crippen molar-refractivity contribution < 1.29 is 43.0 Å². The summed E-state index contributed by atoms with van der Waals surface area (Å²) in [7, 11) is 4.99. The fraction of sp³-hybridized carbons (Fsp3) is 0.516. The lowest BCUT2D eigenvalue weighted by molar-refractivity contribution is -0.153. The predicted octanol–water partition coefficient (Wildman–Crippen LogP) is 8.22. The lowest BCUT2D eigenvalue weighted by atomic mass is 9.85. The number of piperazine rings is 3. The summed E-state index contributed by atoms with van der Waals surface area (Å²) in [6, 6.07) is 11.2. The van der Waals surface area contributed by atoms with E-state index in [1.54, 1.807) is 42.1 Å². The number of benzene rings is 3. The SMILES string of the molecule is COc1cc2[nH]c3c(c2cc1C)C[C@@H]1C(=O)N[C@@H](C)C(=O)N1[C@H]3CC(C)C.COc1cc2[nH]c3c(c2cc1C)C[C@H]1C(=O)N[C@@H](C)C(=O)N1[C@H]3CC(C)C.COc1ccc2c3c([nH]c2c1)[C@H](CC(C)C)N1C(=O)[C@H](C)NC(=O)[C@H]1C3. The fourth-order valence-corrected chi connectivity index (χ4v) is 13.5. The van der Waals surface area contributed by atoms with Crippen LogP contribution in [0.25, 0.3) is 32.7 Å². The Morgan fingerprint density at radius 2 is 0.787 bits per heavy atom. The lowest BCUT2D eigenvalue weighted by Gasteiger charge is -2.46. The van der Waals surface area contributed by atoms with E-state index in [4.69, 9.17) is 14.2 Å². The molecule has 0 bridgehead atoms. The van der Waals surface area contributed by atoms with E-state index in [1.807, 2.05) is 58.9 Å². The van der Waals surface area contributed by atoms with Crippen LogP contribution < -0.4 is 30.2 Å². The van der Waals surface area contributed by atoms with Crippen molar-refractivity contribution in [3.05, 3.63) is 87.4 Å². The lowest BCUT2D eigenvalue weighted by Crippen LogP contribution is -2.65. The van der Waals surface area contributed by atoms with Gasteiger partial charge in [-0.15, -0.1) is 0 Å². The third-order valence-electron chi connectivity index (χ3n) is 17.2. The van der Waals surface area contributed by atoms with Crippen LogP contribution in [0.1, 0.15) is 145 Å². The van der Waals surface area contributed by atoms with Crippen LogP contribution in [0, 0.1) is 31.6 Å². The van der Waals surface area contributed by atoms with Crippen LogP contribution in [0.4, 0.5) is 0 Å². The second kappa shape index (κ2) is 21.5. The van der Waals surface area contributed by atoms with Crippen molar-refractivity contribution in [2.45, 2.75) is 169 Å². The number of nitrogens with one attached hydrogen (secondary N) is 6. The third kappa shape index (κ3) is 9.69. The molecule has 9 heterocycles. The van der Waals surface area contributed by atoms with Crippen LogP contribution in [0.3, 0.4) is 0 Å². The van der Waals surface area contributed by atoms with E-state index in [0.29, 0.717) is 37.0 Å². The average molecular weight is 1090 g/mol. The highest BCUT2D eigenvalue weighted by atomic mass is 16.5. The highest BCUT2D eigenvalue weighted by molar-refractivity contribution is 6.01. The van der Waals surface area contributed by atoms with E-state index >= 15 is 0 Å². The van der Waals surface area contributed by atoms with Gasteiger partial charge in [-0.05, 0) is 124 Å². The molecule has 0 saturated carbocycles. The number of carbonyl (C=O) groups excluding carboxylic acids is 6. The number of hydrogen-bond donors (Lipinski definition) is 6. The summed E-state index contributed by atoms with van der Waals surface area (Å²) in [6.07, 6.45) is 4.08. The highest BCUT2D eigenvalue weighted by Gasteiger charge is 2.50. The quantitative estimate of drug-likeness (QED) is 0.0820. The number of fused-ring (bicyclic) bond motifs is 12. The maximum Gasteiger partial charge on any atom is 0.246 e. The van der Waals surface area contributed by atoms with Crippen molar-refractivity contribution >= 4 is 68.2 Å². The molecule has 3 saturated heterocycles. The monoisotopic (exact) mass is 1090 g/mol. The molecule has 0 aliphatic carbocycles. The molecular formula is C62H79N9O9. The molecule has 18 nitrogen and oxygen atoms in total. The number of aromatic nitrogens is 3. The standard InChI is InChI=1S/2C21H27N3O3.C20H25N3O3/c2*1-10(2)6-16-19-14(8-17-20(25)22-12(4)21(26)24(16)17)13-7-11(3)18(27-5)9-15(13)23-19;1-10(2)7-16-18-14(13-6-5-12(26-4)8-15(13)22-18)9-17-19(24)21-11(3)20(25)23(16)17/h2*7,9-10,12,16-17,23H,6,8H2,1-5H3,(H,22,25);5-6,8,10-11,16-17,22H,7,9H2,1-4H3,(H,21,24)/t12-,16-,17+;12-,16-,17-;11-,16-,17+/m000/s1. The first-order chi connectivity index (χ1) is 38.0. The summed E-state index contributed by atoms with van der Waals surface area (Å²) >= 11 is 0. The maximum atomic E-state index is 13.0. The Kier molecular flexibility index (Phi) is 15.0. The minimum atomic E-state index is -0.475. The Morgan fingerprint density at radius 1 is 0.463 bits per heavy atom. The molecule has 6 aromatic rings. The van der Waals surface area contributed by atoms with E-state index in [0.717, 1.165) is 114 Å². The van der Waals surface area contributed by atoms with Crippen LogP contribution in [0.5, 0.6) is 17.2 Å². The molecule has 6 aliphatic rings. The van der Waals surface area contributed by atoms with Gasteiger partial charge in [0.25, 0.3) is 0 Å². The number of hydrogen-bond acceptors (Lipinski definition) is 9. The van der Waals surface area contributed by atoms with Gasteiger partial charge in [-0.3, -0.25) is 28.8 Å². The zero-order chi connectivity index (χ0) is 57.5. The normalized spacial score (nSPS) is 25.0. The molecule has 80 heavy (non-hydrogen) atoms. The van der Waals surface area contributed by atoms with E-state index in [2.05, 4.69) is 84.6 Å². The molecule has 0 unspecified atom stereocenters. The number of aromatic amines is 3. The molecule has 12 rings (SSSR count). The van der Waals surface area contributed by atoms with Crippen LogP contribution in [-0.4, -0.2) is 123 Å². The summed E-state index contributed by atoms with van der Waals surface area (Å²) < 4.78 is 16.3. The van der Waals surface area contributed by atoms with Crippen molar-refractivity contribution in [3.63, 3.8) is 0 Å². The first-order valence-corrected chi connectivity index (χ1v) is 28.5. The maximum absolute atomic E-state index is 13.0. The van der Waals surface area contributed by atoms with Gasteiger partial charge < -0.3 is 59.8 Å². The number of H-pyrrole nitrogens is 3. The van der Waals surface area contributed by atoms with Crippen LogP contribution in [0.2, 0.25) is 0 Å². The molecule has 0 radical (unpaired) electrons.